The molecule has 0 radical (unpaired) electrons. The number of rotatable bonds is 6. The second kappa shape index (κ2) is 7.58. The van der Waals surface area contributed by atoms with Crippen LogP contribution in [0.25, 0.3) is 0 Å². The quantitative estimate of drug-likeness (QED) is 0.677. The van der Waals surface area contributed by atoms with Crippen molar-refractivity contribution >= 4 is 27.3 Å². The third-order valence-corrected chi connectivity index (χ3v) is 5.33. The smallest absolute Gasteiger partial charge is 0.262 e. The Hall–Kier alpha value is -3.20. The number of carbonyl (C=O) groups excluding carboxylic acids is 1. The largest absolute Gasteiger partial charge is 0.324 e. The molecule has 9 heteroatoms. The van der Waals surface area contributed by atoms with E-state index >= 15 is 0 Å². The van der Waals surface area contributed by atoms with Crippen LogP contribution in [0.4, 0.5) is 11.4 Å². The molecule has 0 saturated heterocycles. The van der Waals surface area contributed by atoms with Crippen molar-refractivity contribution in [2.75, 3.05) is 10.0 Å². The first-order valence-electron chi connectivity index (χ1n) is 8.16. The fraction of sp³-hybridized carbons (Fsp3) is 0.167. The lowest BCUT2D eigenvalue weighted by Gasteiger charge is -2.13. The number of nitrogens with zero attached hydrogens (tertiary/aromatic N) is 3. The van der Waals surface area contributed by atoms with Gasteiger partial charge in [0.25, 0.3) is 10.0 Å². The standard InChI is InChI=1S/C18H19N5O3S/c1-13-4-3-5-16(8-13)22-27(25,26)17-9-15(7-6-14(17)2)21-18(24)10-23-12-19-11-20-23/h3-9,11-12,22H,10H2,1-2H3,(H,21,24). The molecule has 8 nitrogen and oxygen atoms in total. The molecule has 2 aromatic carbocycles. The summed E-state index contributed by atoms with van der Waals surface area (Å²) in [5.74, 6) is -0.334. The summed E-state index contributed by atoms with van der Waals surface area (Å²) in [6.45, 7) is 3.57. The van der Waals surface area contributed by atoms with E-state index < -0.39 is 10.0 Å². The van der Waals surface area contributed by atoms with Crippen molar-refractivity contribution in [1.82, 2.24) is 14.8 Å². The Bertz CT molecular complexity index is 1060. The SMILES string of the molecule is Cc1cccc(NS(=O)(=O)c2cc(NC(=O)Cn3cncn3)ccc2C)c1. The Labute approximate surface area is 157 Å². The summed E-state index contributed by atoms with van der Waals surface area (Å²) in [5.41, 5.74) is 2.39. The van der Waals surface area contributed by atoms with Gasteiger partial charge in [-0.3, -0.25) is 9.52 Å². The molecule has 3 rings (SSSR count). The van der Waals surface area contributed by atoms with Crippen molar-refractivity contribution in [2.24, 2.45) is 0 Å². The van der Waals surface area contributed by atoms with Crippen LogP contribution in [0.1, 0.15) is 11.1 Å². The molecule has 0 saturated carbocycles. The second-order valence-corrected chi connectivity index (χ2v) is 7.75. The van der Waals surface area contributed by atoms with Gasteiger partial charge in [-0.25, -0.2) is 18.1 Å². The zero-order chi connectivity index (χ0) is 19.4. The highest BCUT2D eigenvalue weighted by Gasteiger charge is 2.18. The molecule has 1 amide bonds. The van der Waals surface area contributed by atoms with E-state index in [4.69, 9.17) is 0 Å². The topological polar surface area (TPSA) is 106 Å². The molecule has 0 bridgehead atoms. The highest BCUT2D eigenvalue weighted by Crippen LogP contribution is 2.23. The minimum Gasteiger partial charge on any atom is -0.324 e. The zero-order valence-electron chi connectivity index (χ0n) is 14.9. The van der Waals surface area contributed by atoms with E-state index in [1.165, 1.54) is 23.4 Å². The van der Waals surface area contributed by atoms with Gasteiger partial charge in [0.1, 0.15) is 19.2 Å². The monoisotopic (exact) mass is 385 g/mol. The van der Waals surface area contributed by atoms with Gasteiger partial charge in [0.05, 0.1) is 4.90 Å². The maximum atomic E-state index is 12.8. The number of benzene rings is 2. The van der Waals surface area contributed by atoms with Crippen LogP contribution in [-0.4, -0.2) is 29.1 Å². The van der Waals surface area contributed by atoms with E-state index in [2.05, 4.69) is 20.1 Å². The van der Waals surface area contributed by atoms with E-state index in [0.29, 0.717) is 16.9 Å². The molecule has 0 spiro atoms. The lowest BCUT2D eigenvalue weighted by molar-refractivity contribution is -0.116. The minimum atomic E-state index is -3.80. The molecule has 0 fully saturated rings. The maximum absolute atomic E-state index is 12.8. The summed E-state index contributed by atoms with van der Waals surface area (Å²) in [5, 5.41) is 6.53. The maximum Gasteiger partial charge on any atom is 0.262 e. The molecule has 1 heterocycles. The first kappa shape index (κ1) is 18.6. The third-order valence-electron chi connectivity index (χ3n) is 3.80. The van der Waals surface area contributed by atoms with Crippen LogP contribution in [0.15, 0.2) is 60.0 Å². The first-order valence-corrected chi connectivity index (χ1v) is 9.64. The van der Waals surface area contributed by atoms with Crippen LogP contribution in [0.5, 0.6) is 0 Å². The lowest BCUT2D eigenvalue weighted by atomic mass is 10.2. The number of aromatic nitrogens is 3. The molecule has 3 aromatic rings. The van der Waals surface area contributed by atoms with Gasteiger partial charge in [-0.2, -0.15) is 5.10 Å². The molecule has 0 atom stereocenters. The highest BCUT2D eigenvalue weighted by atomic mass is 32.2. The Morgan fingerprint density at radius 1 is 1.11 bits per heavy atom. The van der Waals surface area contributed by atoms with Gasteiger partial charge in [0, 0.05) is 11.4 Å². The Kier molecular flexibility index (Phi) is 5.22. The summed E-state index contributed by atoms with van der Waals surface area (Å²) in [4.78, 5) is 16.0. The summed E-state index contributed by atoms with van der Waals surface area (Å²) >= 11 is 0. The zero-order valence-corrected chi connectivity index (χ0v) is 15.7. The van der Waals surface area contributed by atoms with Gasteiger partial charge in [-0.1, -0.05) is 18.2 Å². The number of carbonyl (C=O) groups is 1. The number of hydrogen-bond acceptors (Lipinski definition) is 5. The van der Waals surface area contributed by atoms with Gasteiger partial charge in [0.15, 0.2) is 0 Å². The number of sulfonamides is 1. The molecule has 0 aliphatic heterocycles. The van der Waals surface area contributed by atoms with E-state index in [1.807, 2.05) is 13.0 Å². The number of anilines is 2. The molecule has 27 heavy (non-hydrogen) atoms. The van der Waals surface area contributed by atoms with E-state index in [1.54, 1.807) is 37.3 Å². The minimum absolute atomic E-state index is 0.0164. The average Bonchev–Trinajstić information content (AvgIpc) is 3.09. The highest BCUT2D eigenvalue weighted by molar-refractivity contribution is 7.92. The molecule has 0 unspecified atom stereocenters. The van der Waals surface area contributed by atoms with Crippen LogP contribution in [0, 0.1) is 13.8 Å². The molecular weight excluding hydrogens is 366 g/mol. The average molecular weight is 385 g/mol. The summed E-state index contributed by atoms with van der Waals surface area (Å²) in [6, 6.07) is 11.8. The molecule has 0 aliphatic rings. The fourth-order valence-electron chi connectivity index (χ4n) is 2.55. The molecule has 0 aliphatic carbocycles. The predicted octanol–water partition coefficient (Wildman–Crippen LogP) is 2.33. The molecule has 1 aromatic heterocycles. The van der Waals surface area contributed by atoms with E-state index in [-0.39, 0.29) is 17.3 Å². The van der Waals surface area contributed by atoms with Gasteiger partial charge in [-0.05, 0) is 49.2 Å². The van der Waals surface area contributed by atoms with Crippen molar-refractivity contribution in [2.45, 2.75) is 25.3 Å². The van der Waals surface area contributed by atoms with Crippen LogP contribution in [0.3, 0.4) is 0 Å². The molecular formula is C18H19N5O3S. The van der Waals surface area contributed by atoms with Crippen molar-refractivity contribution in [3.8, 4) is 0 Å². The van der Waals surface area contributed by atoms with Gasteiger partial charge >= 0.3 is 0 Å². The lowest BCUT2D eigenvalue weighted by Crippen LogP contribution is -2.20. The number of aryl methyl sites for hydroxylation is 2. The van der Waals surface area contributed by atoms with Crippen molar-refractivity contribution in [3.63, 3.8) is 0 Å². The van der Waals surface area contributed by atoms with Crippen molar-refractivity contribution in [1.29, 1.82) is 0 Å². The first-order chi connectivity index (χ1) is 12.8. The van der Waals surface area contributed by atoms with Crippen LogP contribution in [-0.2, 0) is 21.4 Å². The van der Waals surface area contributed by atoms with E-state index in [9.17, 15) is 13.2 Å². The normalized spacial score (nSPS) is 11.2. The van der Waals surface area contributed by atoms with E-state index in [0.717, 1.165) is 5.56 Å². The van der Waals surface area contributed by atoms with Crippen LogP contribution >= 0.6 is 0 Å². The van der Waals surface area contributed by atoms with Crippen LogP contribution < -0.4 is 10.0 Å². The van der Waals surface area contributed by atoms with Crippen molar-refractivity contribution in [3.05, 3.63) is 66.2 Å². The Morgan fingerprint density at radius 3 is 2.63 bits per heavy atom. The Balaban J connectivity index is 1.80. The fourth-order valence-corrected chi connectivity index (χ4v) is 3.87. The van der Waals surface area contributed by atoms with Gasteiger partial charge in [0.2, 0.25) is 5.91 Å². The van der Waals surface area contributed by atoms with Gasteiger partial charge < -0.3 is 5.32 Å². The number of amides is 1. The molecule has 140 valence electrons. The second-order valence-electron chi connectivity index (χ2n) is 6.10. The third kappa shape index (κ3) is 4.70. The van der Waals surface area contributed by atoms with Crippen molar-refractivity contribution < 1.29 is 13.2 Å². The Morgan fingerprint density at radius 2 is 1.93 bits per heavy atom. The summed E-state index contributed by atoms with van der Waals surface area (Å²) in [6.07, 6.45) is 2.76. The van der Waals surface area contributed by atoms with Gasteiger partial charge in [-0.15, -0.1) is 0 Å². The number of nitrogens with one attached hydrogen (secondary N) is 2. The van der Waals surface area contributed by atoms with Crippen LogP contribution in [0.2, 0.25) is 0 Å². The summed E-state index contributed by atoms with van der Waals surface area (Å²) in [7, 11) is -3.80. The summed E-state index contributed by atoms with van der Waals surface area (Å²) < 4.78 is 29.5. The predicted molar refractivity (Wildman–Crippen MR) is 102 cm³/mol. The molecule has 2 N–H and O–H groups in total. The number of hydrogen-bond donors (Lipinski definition) is 2.